The number of nitrogens with one attached hydrogen (secondary N) is 1. The van der Waals surface area contributed by atoms with E-state index >= 15 is 0 Å². The fourth-order valence-corrected chi connectivity index (χ4v) is 5.88. The summed E-state index contributed by atoms with van der Waals surface area (Å²) in [6.45, 7) is 3.21. The first-order chi connectivity index (χ1) is 10.7. The van der Waals surface area contributed by atoms with Crippen LogP contribution in [-0.2, 0) is 16.6 Å². The molecule has 2 aliphatic carbocycles. The summed E-state index contributed by atoms with van der Waals surface area (Å²) in [5.41, 5.74) is 2.51. The highest BCUT2D eigenvalue weighted by Gasteiger charge is 2.66. The summed E-state index contributed by atoms with van der Waals surface area (Å²) < 4.78 is 11.8. The van der Waals surface area contributed by atoms with E-state index in [1.807, 2.05) is 6.07 Å². The molecule has 22 heavy (non-hydrogen) atoms. The van der Waals surface area contributed by atoms with Crippen molar-refractivity contribution >= 4 is 5.78 Å². The quantitative estimate of drug-likeness (QED) is 0.859. The molecule has 1 saturated heterocycles. The second kappa shape index (κ2) is 4.05. The molecule has 0 amide bonds. The van der Waals surface area contributed by atoms with Gasteiger partial charge in [0.2, 0.25) is 0 Å². The molecule has 1 aromatic rings. The van der Waals surface area contributed by atoms with Crippen LogP contribution in [0.4, 0.5) is 0 Å². The van der Waals surface area contributed by atoms with Gasteiger partial charge >= 0.3 is 0 Å². The van der Waals surface area contributed by atoms with Crippen molar-refractivity contribution < 1.29 is 14.3 Å². The van der Waals surface area contributed by atoms with Crippen molar-refractivity contribution in [1.82, 2.24) is 5.32 Å². The molecule has 2 fully saturated rings. The van der Waals surface area contributed by atoms with Gasteiger partial charge < -0.3 is 14.8 Å². The molecule has 0 radical (unpaired) electrons. The lowest BCUT2D eigenvalue weighted by molar-refractivity contribution is -0.139. The number of benzene rings is 1. The molecule has 0 aromatic heterocycles. The van der Waals surface area contributed by atoms with Crippen LogP contribution in [0, 0.1) is 11.8 Å². The minimum atomic E-state index is -0.302. The summed E-state index contributed by atoms with van der Waals surface area (Å²) in [5.74, 6) is 2.80. The van der Waals surface area contributed by atoms with E-state index in [0.717, 1.165) is 30.9 Å². The smallest absolute Gasteiger partial charge is 0.174 e. The van der Waals surface area contributed by atoms with E-state index in [1.165, 1.54) is 11.1 Å². The monoisotopic (exact) mass is 299 g/mol. The van der Waals surface area contributed by atoms with Gasteiger partial charge in [0.05, 0.1) is 7.11 Å². The van der Waals surface area contributed by atoms with Gasteiger partial charge in [-0.2, -0.15) is 0 Å². The summed E-state index contributed by atoms with van der Waals surface area (Å²) in [4.78, 5) is 12.7. The van der Waals surface area contributed by atoms with Crippen molar-refractivity contribution in [3.05, 3.63) is 23.3 Å². The molecule has 2 unspecified atom stereocenters. The first-order valence-corrected chi connectivity index (χ1v) is 8.30. The summed E-state index contributed by atoms with van der Waals surface area (Å²) in [5, 5.41) is 3.70. The number of carbonyl (C=O) groups is 1. The number of rotatable bonds is 1. The number of hydrogen-bond donors (Lipinski definition) is 1. The molecular weight excluding hydrogens is 278 g/mol. The number of methoxy groups -OCH3 is 1. The molecule has 2 aliphatic heterocycles. The molecule has 1 spiro atoms. The zero-order valence-electron chi connectivity index (χ0n) is 13.0. The van der Waals surface area contributed by atoms with E-state index in [0.29, 0.717) is 24.3 Å². The van der Waals surface area contributed by atoms with Gasteiger partial charge in [-0.25, -0.2) is 0 Å². The molecule has 1 saturated carbocycles. The lowest BCUT2D eigenvalue weighted by atomic mass is 9.49. The van der Waals surface area contributed by atoms with Crippen LogP contribution in [0.1, 0.15) is 30.9 Å². The average molecular weight is 299 g/mol. The first-order valence-electron chi connectivity index (χ1n) is 8.30. The Morgan fingerprint density at radius 2 is 2.23 bits per heavy atom. The van der Waals surface area contributed by atoms with Crippen LogP contribution in [0.3, 0.4) is 0 Å². The molecule has 1 aromatic carbocycles. The fourth-order valence-electron chi connectivity index (χ4n) is 5.88. The van der Waals surface area contributed by atoms with Crippen molar-refractivity contribution in [3.8, 4) is 11.5 Å². The Morgan fingerprint density at radius 3 is 3.05 bits per heavy atom. The minimum Gasteiger partial charge on any atom is -0.493 e. The maximum atomic E-state index is 12.7. The third-order valence-electron chi connectivity index (χ3n) is 6.44. The highest BCUT2D eigenvalue weighted by atomic mass is 16.5. The van der Waals surface area contributed by atoms with E-state index in [9.17, 15) is 4.79 Å². The van der Waals surface area contributed by atoms with Crippen molar-refractivity contribution in [2.75, 3.05) is 13.7 Å². The van der Waals surface area contributed by atoms with Crippen molar-refractivity contribution in [2.45, 2.75) is 43.7 Å². The number of ketones is 1. The second-order valence-electron chi connectivity index (χ2n) is 7.36. The van der Waals surface area contributed by atoms with Crippen LogP contribution >= 0.6 is 0 Å². The molecule has 2 heterocycles. The number of piperidine rings is 1. The Labute approximate surface area is 130 Å². The Balaban J connectivity index is 1.83. The van der Waals surface area contributed by atoms with Gasteiger partial charge in [0, 0.05) is 23.4 Å². The molecule has 116 valence electrons. The molecule has 2 bridgehead atoms. The Bertz CT molecular complexity index is 685. The minimum absolute atomic E-state index is 0.123. The van der Waals surface area contributed by atoms with Gasteiger partial charge in [0.15, 0.2) is 23.4 Å². The zero-order valence-corrected chi connectivity index (χ0v) is 13.0. The van der Waals surface area contributed by atoms with Crippen LogP contribution in [0.5, 0.6) is 11.5 Å². The maximum Gasteiger partial charge on any atom is 0.174 e. The summed E-state index contributed by atoms with van der Waals surface area (Å²) in [7, 11) is 1.68. The predicted molar refractivity (Wildman–Crippen MR) is 81.5 cm³/mol. The fraction of sp³-hybridized carbons (Fsp3) is 0.611. The van der Waals surface area contributed by atoms with Crippen molar-refractivity contribution in [3.63, 3.8) is 0 Å². The first kappa shape index (κ1) is 12.9. The largest absolute Gasteiger partial charge is 0.493 e. The molecule has 4 nitrogen and oxygen atoms in total. The second-order valence-corrected chi connectivity index (χ2v) is 7.36. The third kappa shape index (κ3) is 1.27. The SMILES string of the molecule is COc1ccc2c3c1OC1C(=O)CC(C)[C@H]4[C@@H](C2)NCC[C@]314. The van der Waals surface area contributed by atoms with Gasteiger partial charge in [-0.1, -0.05) is 13.0 Å². The number of Topliss-reactive ketones (excluding diaryl/α,β-unsaturated/α-hetero) is 1. The molecular formula is C18H21NO3. The molecule has 5 rings (SSSR count). The summed E-state index contributed by atoms with van der Waals surface area (Å²) in [6.07, 6.45) is 2.36. The van der Waals surface area contributed by atoms with Gasteiger partial charge in [0.1, 0.15) is 0 Å². The lowest BCUT2D eigenvalue weighted by Gasteiger charge is -2.56. The van der Waals surface area contributed by atoms with Gasteiger partial charge in [-0.05, 0) is 42.9 Å². The predicted octanol–water partition coefficient (Wildman–Crippen LogP) is 1.84. The van der Waals surface area contributed by atoms with Gasteiger partial charge in [-0.3, -0.25) is 4.79 Å². The number of carbonyl (C=O) groups excluding carboxylic acids is 1. The average Bonchev–Trinajstić information content (AvgIpc) is 2.83. The molecule has 4 aliphatic rings. The molecule has 4 heteroatoms. The van der Waals surface area contributed by atoms with Crippen LogP contribution < -0.4 is 14.8 Å². The van der Waals surface area contributed by atoms with E-state index in [2.05, 4.69) is 18.3 Å². The Morgan fingerprint density at radius 1 is 1.36 bits per heavy atom. The van der Waals surface area contributed by atoms with Gasteiger partial charge in [0.25, 0.3) is 0 Å². The zero-order chi connectivity index (χ0) is 15.1. The van der Waals surface area contributed by atoms with Crippen molar-refractivity contribution in [1.29, 1.82) is 0 Å². The lowest BCUT2D eigenvalue weighted by Crippen LogP contribution is -2.67. The van der Waals surface area contributed by atoms with E-state index in [4.69, 9.17) is 9.47 Å². The standard InChI is InChI=1S/C18H21NO3/c1-9-7-12(20)17-18-5-6-19-11(14(9)18)8-10-3-4-13(21-2)16(22-17)15(10)18/h3-4,9,11,14,17,19H,5-8H2,1-2H3/t9?,11-,14+,17?,18+/m1/s1. The highest BCUT2D eigenvalue weighted by molar-refractivity contribution is 5.89. The van der Waals surface area contributed by atoms with E-state index < -0.39 is 0 Å². The van der Waals surface area contributed by atoms with Crippen LogP contribution in [-0.4, -0.2) is 31.6 Å². The maximum absolute atomic E-state index is 12.7. The summed E-state index contributed by atoms with van der Waals surface area (Å²) in [6, 6.07) is 4.63. The van der Waals surface area contributed by atoms with Gasteiger partial charge in [-0.15, -0.1) is 0 Å². The highest BCUT2D eigenvalue weighted by Crippen LogP contribution is 2.63. The number of ether oxygens (including phenoxy) is 2. The number of hydrogen-bond acceptors (Lipinski definition) is 4. The summed E-state index contributed by atoms with van der Waals surface area (Å²) >= 11 is 0. The topological polar surface area (TPSA) is 47.6 Å². The molecule has 1 N–H and O–H groups in total. The Kier molecular flexibility index (Phi) is 2.38. The van der Waals surface area contributed by atoms with E-state index in [1.54, 1.807) is 7.11 Å². The Hall–Kier alpha value is -1.55. The van der Waals surface area contributed by atoms with Crippen molar-refractivity contribution in [2.24, 2.45) is 11.8 Å². The normalized spacial score (nSPS) is 40.9. The van der Waals surface area contributed by atoms with E-state index in [-0.39, 0.29) is 17.3 Å². The third-order valence-corrected chi connectivity index (χ3v) is 6.44. The van der Waals surface area contributed by atoms with Crippen LogP contribution in [0.25, 0.3) is 0 Å². The molecule has 5 atom stereocenters. The van der Waals surface area contributed by atoms with Crippen LogP contribution in [0.15, 0.2) is 12.1 Å². The van der Waals surface area contributed by atoms with Crippen LogP contribution in [0.2, 0.25) is 0 Å².